The van der Waals surface area contributed by atoms with E-state index in [1.54, 1.807) is 0 Å². The third-order valence-electron chi connectivity index (χ3n) is 5.62. The lowest BCUT2D eigenvalue weighted by molar-refractivity contribution is 0.412. The molecule has 1 atom stereocenters. The van der Waals surface area contributed by atoms with Crippen LogP contribution in [0.1, 0.15) is 28.4 Å². The van der Waals surface area contributed by atoms with Crippen molar-refractivity contribution < 1.29 is 5.11 Å². The molecule has 6 nitrogen and oxygen atoms in total. The molecular formula is C22H20N4O2S. The third-order valence-corrected chi connectivity index (χ3v) is 5.91. The van der Waals surface area contributed by atoms with E-state index in [4.69, 9.17) is 12.2 Å². The summed E-state index contributed by atoms with van der Waals surface area (Å²) in [5, 5.41) is 15.7. The molecule has 29 heavy (non-hydrogen) atoms. The van der Waals surface area contributed by atoms with Crippen LogP contribution in [-0.2, 0) is 6.42 Å². The quantitative estimate of drug-likeness (QED) is 0.385. The lowest BCUT2D eigenvalue weighted by atomic mass is 9.95. The molecule has 7 heteroatoms. The molecule has 0 saturated carbocycles. The standard InChI is InChI=1S/C22H20N4O2S/c1-12-6-2-5-9-16(12)26-21(28)17(20(27)25-22(26)29)19-18-14(10-11-23-19)13-7-3-4-8-15(13)24-18/h2-9,19,23-24,28H,10-11H2,1H3,(H,25,27,29)/t19-/m0/s1. The van der Waals surface area contributed by atoms with Crippen molar-refractivity contribution in [1.82, 2.24) is 19.9 Å². The zero-order chi connectivity index (χ0) is 20.1. The molecule has 0 unspecified atom stereocenters. The van der Waals surface area contributed by atoms with Gasteiger partial charge < -0.3 is 15.4 Å². The average molecular weight is 404 g/mol. The number of benzene rings is 2. The Bertz CT molecular complexity index is 1370. The van der Waals surface area contributed by atoms with Gasteiger partial charge in [-0.25, -0.2) is 0 Å². The summed E-state index contributed by atoms with van der Waals surface area (Å²) >= 11 is 5.38. The van der Waals surface area contributed by atoms with Gasteiger partial charge in [-0.1, -0.05) is 36.4 Å². The molecular weight excluding hydrogens is 384 g/mol. The Hall–Kier alpha value is -3.16. The molecule has 0 saturated heterocycles. The number of para-hydroxylation sites is 2. The first-order chi connectivity index (χ1) is 14.1. The Morgan fingerprint density at radius 3 is 2.69 bits per heavy atom. The molecule has 4 N–H and O–H groups in total. The molecule has 0 bridgehead atoms. The van der Waals surface area contributed by atoms with E-state index in [0.29, 0.717) is 6.54 Å². The molecule has 5 rings (SSSR count). The van der Waals surface area contributed by atoms with E-state index >= 15 is 0 Å². The van der Waals surface area contributed by atoms with Crippen LogP contribution in [-0.4, -0.2) is 26.2 Å². The fraction of sp³-hybridized carbons (Fsp3) is 0.182. The number of nitrogens with one attached hydrogen (secondary N) is 3. The highest BCUT2D eigenvalue weighted by Gasteiger charge is 2.31. The van der Waals surface area contributed by atoms with E-state index < -0.39 is 6.04 Å². The van der Waals surface area contributed by atoms with Crippen LogP contribution in [0.4, 0.5) is 0 Å². The SMILES string of the molecule is Cc1ccccc1-n1c(O)c([C@@H]2NCCc3c2[nH]c2ccccc32)c(=O)[nH]c1=S. The minimum Gasteiger partial charge on any atom is -0.494 e. The third kappa shape index (κ3) is 2.73. The normalized spacial score (nSPS) is 16.1. The van der Waals surface area contributed by atoms with E-state index in [1.165, 1.54) is 10.1 Å². The summed E-state index contributed by atoms with van der Waals surface area (Å²) in [5.74, 6) is -0.142. The number of aryl methyl sites for hydroxylation is 1. The molecule has 0 radical (unpaired) electrons. The van der Waals surface area contributed by atoms with Gasteiger partial charge in [0.1, 0.15) is 5.56 Å². The summed E-state index contributed by atoms with van der Waals surface area (Å²) in [7, 11) is 0. The van der Waals surface area contributed by atoms with Crippen molar-refractivity contribution in [3.8, 4) is 11.6 Å². The summed E-state index contributed by atoms with van der Waals surface area (Å²) in [5.41, 5.74) is 4.66. The molecule has 4 aromatic rings. The molecule has 0 aliphatic carbocycles. The van der Waals surface area contributed by atoms with E-state index in [9.17, 15) is 9.90 Å². The highest BCUT2D eigenvalue weighted by molar-refractivity contribution is 7.71. The van der Waals surface area contributed by atoms with Crippen LogP contribution in [0, 0.1) is 11.7 Å². The molecule has 0 fully saturated rings. The van der Waals surface area contributed by atoms with Crippen LogP contribution in [0.25, 0.3) is 16.6 Å². The zero-order valence-corrected chi connectivity index (χ0v) is 16.6. The second-order valence-electron chi connectivity index (χ2n) is 7.32. The second-order valence-corrected chi connectivity index (χ2v) is 7.71. The Morgan fingerprint density at radius 1 is 1.10 bits per heavy atom. The van der Waals surface area contributed by atoms with Crippen LogP contribution in [0.15, 0.2) is 53.3 Å². The van der Waals surface area contributed by atoms with Crippen molar-refractivity contribution >= 4 is 23.1 Å². The minimum atomic E-state index is -0.458. The number of rotatable bonds is 2. The van der Waals surface area contributed by atoms with Crippen molar-refractivity contribution in [3.63, 3.8) is 0 Å². The maximum absolute atomic E-state index is 12.9. The van der Waals surface area contributed by atoms with Gasteiger partial charge in [-0.05, 0) is 48.8 Å². The summed E-state index contributed by atoms with van der Waals surface area (Å²) in [6, 6.07) is 15.2. The topological polar surface area (TPSA) is 85.8 Å². The minimum absolute atomic E-state index is 0.142. The van der Waals surface area contributed by atoms with Crippen molar-refractivity contribution in [3.05, 3.63) is 86.0 Å². The summed E-state index contributed by atoms with van der Waals surface area (Å²) in [4.78, 5) is 19.1. The smallest absolute Gasteiger partial charge is 0.260 e. The van der Waals surface area contributed by atoms with Gasteiger partial charge in [0.25, 0.3) is 5.56 Å². The maximum Gasteiger partial charge on any atom is 0.260 e. The number of aromatic hydroxyl groups is 1. The van der Waals surface area contributed by atoms with E-state index in [1.807, 2.05) is 49.4 Å². The molecule has 0 amide bonds. The number of hydrogen-bond acceptors (Lipinski definition) is 4. The first-order valence-corrected chi connectivity index (χ1v) is 9.94. The number of H-pyrrole nitrogens is 2. The number of hydrogen-bond donors (Lipinski definition) is 4. The molecule has 1 aliphatic heterocycles. The lowest BCUT2D eigenvalue weighted by Gasteiger charge is -2.26. The van der Waals surface area contributed by atoms with E-state index in [-0.39, 0.29) is 21.8 Å². The lowest BCUT2D eigenvalue weighted by Crippen LogP contribution is -2.35. The average Bonchev–Trinajstić information content (AvgIpc) is 3.09. The van der Waals surface area contributed by atoms with Gasteiger partial charge in [-0.15, -0.1) is 0 Å². The Morgan fingerprint density at radius 2 is 1.86 bits per heavy atom. The van der Waals surface area contributed by atoms with E-state index in [2.05, 4.69) is 21.4 Å². The van der Waals surface area contributed by atoms with Gasteiger partial charge in [-0.3, -0.25) is 14.3 Å². The summed E-state index contributed by atoms with van der Waals surface area (Å²) < 4.78 is 1.69. The van der Waals surface area contributed by atoms with Crippen LogP contribution < -0.4 is 10.9 Å². The van der Waals surface area contributed by atoms with Gasteiger partial charge >= 0.3 is 0 Å². The van der Waals surface area contributed by atoms with Gasteiger partial charge in [-0.2, -0.15) is 0 Å². The molecule has 3 heterocycles. The van der Waals surface area contributed by atoms with Gasteiger partial charge in [0.15, 0.2) is 4.77 Å². The van der Waals surface area contributed by atoms with Crippen LogP contribution in [0.2, 0.25) is 0 Å². The number of fused-ring (bicyclic) bond motifs is 3. The Balaban J connectivity index is 1.77. The predicted octanol–water partition coefficient (Wildman–Crippen LogP) is 3.63. The maximum atomic E-state index is 12.9. The molecule has 1 aliphatic rings. The van der Waals surface area contributed by atoms with Gasteiger partial charge in [0, 0.05) is 23.1 Å². The zero-order valence-electron chi connectivity index (χ0n) is 15.8. The number of nitrogens with zero attached hydrogens (tertiary/aromatic N) is 1. The second kappa shape index (κ2) is 6.72. The molecule has 2 aromatic carbocycles. The number of aromatic amines is 2. The Kier molecular flexibility index (Phi) is 4.15. The van der Waals surface area contributed by atoms with Crippen molar-refractivity contribution in [1.29, 1.82) is 0 Å². The van der Waals surface area contributed by atoms with Crippen molar-refractivity contribution in [2.75, 3.05) is 6.54 Å². The first-order valence-electron chi connectivity index (χ1n) is 9.53. The highest BCUT2D eigenvalue weighted by atomic mass is 32.1. The largest absolute Gasteiger partial charge is 0.494 e. The Labute approximate surface area is 171 Å². The summed E-state index contributed by atoms with van der Waals surface area (Å²) in [6.45, 7) is 2.65. The fourth-order valence-corrected chi connectivity index (χ4v) is 4.54. The van der Waals surface area contributed by atoms with Crippen molar-refractivity contribution in [2.45, 2.75) is 19.4 Å². The van der Waals surface area contributed by atoms with Gasteiger partial charge in [0.2, 0.25) is 5.88 Å². The molecule has 0 spiro atoms. The molecule has 146 valence electrons. The number of aromatic nitrogens is 3. The summed E-state index contributed by atoms with van der Waals surface area (Å²) in [6.07, 6.45) is 0.853. The predicted molar refractivity (Wildman–Crippen MR) is 115 cm³/mol. The van der Waals surface area contributed by atoms with E-state index in [0.717, 1.165) is 34.3 Å². The van der Waals surface area contributed by atoms with Crippen molar-refractivity contribution in [2.24, 2.45) is 0 Å². The van der Waals surface area contributed by atoms with Gasteiger partial charge in [0.05, 0.1) is 11.7 Å². The van der Waals surface area contributed by atoms with Crippen LogP contribution >= 0.6 is 12.2 Å². The van der Waals surface area contributed by atoms with Crippen LogP contribution in [0.3, 0.4) is 0 Å². The molecule has 2 aromatic heterocycles. The fourth-order valence-electron chi connectivity index (χ4n) is 4.26. The van der Waals surface area contributed by atoms with Crippen LogP contribution in [0.5, 0.6) is 5.88 Å². The monoisotopic (exact) mass is 404 g/mol. The first kappa shape index (κ1) is 17.9. The highest BCUT2D eigenvalue weighted by Crippen LogP contribution is 2.35.